The molecule has 0 bridgehead atoms. The first-order valence-corrected chi connectivity index (χ1v) is 20.6. The van der Waals surface area contributed by atoms with Crippen molar-refractivity contribution in [3.8, 4) is 5.75 Å². The molecule has 2 saturated carbocycles. The highest BCUT2D eigenvalue weighted by Crippen LogP contribution is 2.61. The number of unbranched alkanes of at least 4 members (excludes halogenated alkanes) is 6. The first-order valence-electron chi connectivity index (χ1n) is 19.1. The summed E-state index contributed by atoms with van der Waals surface area (Å²) in [6.07, 6.45) is 6.41. The van der Waals surface area contributed by atoms with Crippen LogP contribution in [0.4, 0.5) is 26.7 Å². The Morgan fingerprint density at radius 3 is 2.46 bits per heavy atom. The Morgan fingerprint density at radius 1 is 0.981 bits per heavy atom. The molecule has 1 amide bonds. The van der Waals surface area contributed by atoms with Crippen LogP contribution in [0.5, 0.6) is 5.75 Å². The number of halogens is 5. The number of amides is 1. The molecule has 6 rings (SSSR count). The molecular formula is C40H51F5N2O4S. The number of alkyl halides is 5. The van der Waals surface area contributed by atoms with Crippen LogP contribution in [0, 0.1) is 23.2 Å². The fourth-order valence-electron chi connectivity index (χ4n) is 9.63. The van der Waals surface area contributed by atoms with Gasteiger partial charge in [0.05, 0.1) is 18.8 Å². The van der Waals surface area contributed by atoms with Crippen LogP contribution in [0.15, 0.2) is 36.5 Å². The van der Waals surface area contributed by atoms with Gasteiger partial charge in [-0.2, -0.15) is 22.0 Å². The van der Waals surface area contributed by atoms with Crippen molar-refractivity contribution in [1.29, 1.82) is 0 Å². The van der Waals surface area contributed by atoms with Crippen LogP contribution in [-0.2, 0) is 35.5 Å². The molecule has 1 unspecified atom stereocenters. The normalized spacial score (nSPS) is 26.1. The molecule has 1 aliphatic heterocycles. The number of rotatable bonds is 15. The molecule has 1 aromatic carbocycles. The third-order valence-corrected chi connectivity index (χ3v) is 13.9. The second-order valence-electron chi connectivity index (χ2n) is 15.8. The van der Waals surface area contributed by atoms with E-state index in [2.05, 4.69) is 24.0 Å². The van der Waals surface area contributed by atoms with Crippen molar-refractivity contribution in [1.82, 2.24) is 9.88 Å². The predicted octanol–water partition coefficient (Wildman–Crippen LogP) is 10.1. The summed E-state index contributed by atoms with van der Waals surface area (Å²) in [5.41, 5.74) is 4.31. The van der Waals surface area contributed by atoms with Crippen molar-refractivity contribution in [3.63, 3.8) is 0 Å². The molecule has 6 atom stereocenters. The third kappa shape index (κ3) is 8.63. The van der Waals surface area contributed by atoms with Gasteiger partial charge in [-0.3, -0.25) is 14.7 Å². The highest BCUT2D eigenvalue weighted by Gasteiger charge is 2.57. The standard InChI is InChI=1S/C40H51F5N2O4S/c1-38-19-17-32-31-14-13-30(51-37(49)47-25-28-12-9-20-46-34(28)26-47)24-29(31)23-27(36(32)33(38)15-16-35(38)48)11-7-5-3-2-4-6-8-21-52(50)22-10-18-39(41,42)40(43,44)45/h9,12-14,20,24,27,32-33,36H,2-8,10-11,15-19,21-23,25-26H2,1H3/t27-,32-,33+,36-,38+,52?/m1/s1. The largest absolute Gasteiger partial charge is 0.616 e. The lowest BCUT2D eigenvalue weighted by Crippen LogP contribution is -2.46. The van der Waals surface area contributed by atoms with Crippen LogP contribution >= 0.6 is 0 Å². The van der Waals surface area contributed by atoms with Crippen molar-refractivity contribution in [2.45, 2.75) is 134 Å². The minimum absolute atomic E-state index is 0.133. The van der Waals surface area contributed by atoms with Crippen LogP contribution in [-0.4, -0.2) is 49.9 Å². The van der Waals surface area contributed by atoms with E-state index in [0.717, 1.165) is 81.9 Å². The lowest BCUT2D eigenvalue weighted by Gasteiger charge is -2.51. The van der Waals surface area contributed by atoms with Gasteiger partial charge in [0.15, 0.2) is 0 Å². The van der Waals surface area contributed by atoms with E-state index >= 15 is 0 Å². The molecule has 0 saturated heterocycles. The molecule has 1 aromatic heterocycles. The van der Waals surface area contributed by atoms with Crippen molar-refractivity contribution in [3.05, 3.63) is 58.9 Å². The Kier molecular flexibility index (Phi) is 12.2. The Morgan fingerprint density at radius 2 is 1.71 bits per heavy atom. The molecule has 0 radical (unpaired) electrons. The van der Waals surface area contributed by atoms with Gasteiger partial charge in [-0.25, -0.2) is 4.79 Å². The summed E-state index contributed by atoms with van der Waals surface area (Å²) < 4.78 is 81.0. The number of pyridine rings is 1. The Bertz CT molecular complexity index is 1550. The molecule has 52 heavy (non-hydrogen) atoms. The number of nitrogens with zero attached hydrogens (tertiary/aromatic N) is 2. The van der Waals surface area contributed by atoms with Crippen LogP contribution in [0.2, 0.25) is 0 Å². The van der Waals surface area contributed by atoms with Crippen LogP contribution in [0.25, 0.3) is 0 Å². The first kappa shape index (κ1) is 39.0. The molecule has 12 heteroatoms. The molecule has 2 fully saturated rings. The van der Waals surface area contributed by atoms with Crippen molar-refractivity contribution >= 4 is 23.1 Å². The second-order valence-corrected chi connectivity index (χ2v) is 17.5. The van der Waals surface area contributed by atoms with E-state index in [1.807, 2.05) is 18.2 Å². The zero-order chi connectivity index (χ0) is 37.1. The topological polar surface area (TPSA) is 82.6 Å². The van der Waals surface area contributed by atoms with Gasteiger partial charge in [0.2, 0.25) is 0 Å². The fraction of sp³-hybridized carbons (Fsp3) is 0.675. The van der Waals surface area contributed by atoms with Gasteiger partial charge in [0.25, 0.3) is 0 Å². The Labute approximate surface area is 306 Å². The van der Waals surface area contributed by atoms with Gasteiger partial charge < -0.3 is 9.29 Å². The summed E-state index contributed by atoms with van der Waals surface area (Å²) in [6, 6.07) is 10.0. The Balaban J connectivity index is 0.974. The summed E-state index contributed by atoms with van der Waals surface area (Å²) in [4.78, 5) is 32.3. The lowest BCUT2D eigenvalue weighted by atomic mass is 9.52. The summed E-state index contributed by atoms with van der Waals surface area (Å²) >= 11 is -1.39. The minimum Gasteiger partial charge on any atom is -0.616 e. The van der Waals surface area contributed by atoms with Gasteiger partial charge in [0, 0.05) is 24.5 Å². The van der Waals surface area contributed by atoms with Crippen LogP contribution in [0.3, 0.4) is 0 Å². The summed E-state index contributed by atoms with van der Waals surface area (Å²) in [5, 5.41) is 0. The van der Waals surface area contributed by atoms with Gasteiger partial charge in [-0.05, 0) is 110 Å². The SMILES string of the molecule is C[C@]12CC[C@@H]3c4ccc(OC(=O)N5Cc6cccnc6C5)cc4C[C@@H](CCCCCCCCC[S+]([O-])CCCC(F)(F)C(F)(F)F)[C@H]3[C@@H]1CCC2=O. The van der Waals surface area contributed by atoms with Gasteiger partial charge in [-0.1, -0.05) is 62.3 Å². The minimum atomic E-state index is -5.56. The molecule has 0 N–H and O–H groups in total. The highest BCUT2D eigenvalue weighted by molar-refractivity contribution is 7.91. The highest BCUT2D eigenvalue weighted by atomic mass is 32.2. The third-order valence-electron chi connectivity index (χ3n) is 12.5. The number of fused-ring (bicyclic) bond motifs is 6. The number of ether oxygens (including phenoxy) is 1. The summed E-state index contributed by atoms with van der Waals surface area (Å²) in [7, 11) is 0. The number of carbonyl (C=O) groups excluding carboxylic acids is 2. The van der Waals surface area contributed by atoms with Crippen molar-refractivity contribution in [2.75, 3.05) is 11.5 Å². The van der Waals surface area contributed by atoms with Gasteiger partial charge >= 0.3 is 18.2 Å². The predicted molar refractivity (Wildman–Crippen MR) is 189 cm³/mol. The zero-order valence-corrected chi connectivity index (χ0v) is 30.9. The van der Waals surface area contributed by atoms with E-state index in [-0.39, 0.29) is 17.3 Å². The van der Waals surface area contributed by atoms with E-state index in [4.69, 9.17) is 4.74 Å². The van der Waals surface area contributed by atoms with Crippen molar-refractivity contribution in [2.24, 2.45) is 23.2 Å². The maximum atomic E-state index is 13.1. The molecule has 0 spiro atoms. The lowest BCUT2D eigenvalue weighted by molar-refractivity contribution is -0.284. The molecule has 2 heterocycles. The number of hydrogen-bond donors (Lipinski definition) is 0. The van der Waals surface area contributed by atoms with E-state index in [9.17, 15) is 36.1 Å². The first-order chi connectivity index (χ1) is 24.8. The number of carbonyl (C=O) groups is 2. The van der Waals surface area contributed by atoms with Crippen LogP contribution < -0.4 is 4.74 Å². The number of Topliss-reactive ketones (excluding diaryl/α,β-unsaturated/α-hetero) is 1. The molecule has 4 aliphatic rings. The van der Waals surface area contributed by atoms with E-state index in [1.165, 1.54) is 11.1 Å². The average Bonchev–Trinajstić information content (AvgIpc) is 3.67. The zero-order valence-electron chi connectivity index (χ0n) is 30.0. The summed E-state index contributed by atoms with van der Waals surface area (Å²) in [6.45, 7) is 3.13. The van der Waals surface area contributed by atoms with E-state index in [1.54, 1.807) is 11.1 Å². The maximum Gasteiger partial charge on any atom is 0.453 e. The maximum absolute atomic E-state index is 13.1. The van der Waals surface area contributed by atoms with E-state index < -0.39 is 36.1 Å². The summed E-state index contributed by atoms with van der Waals surface area (Å²) in [5.74, 6) is -1.84. The average molecular weight is 751 g/mol. The number of aromatic nitrogens is 1. The van der Waals surface area contributed by atoms with Crippen LogP contribution in [0.1, 0.15) is 125 Å². The van der Waals surface area contributed by atoms with E-state index in [0.29, 0.717) is 66.9 Å². The molecule has 286 valence electrons. The van der Waals surface area contributed by atoms with Crippen molar-refractivity contribution < 1.29 is 40.8 Å². The molecule has 6 nitrogen and oxygen atoms in total. The fourth-order valence-corrected chi connectivity index (χ4v) is 10.8. The number of benzene rings is 1. The smallest absolute Gasteiger partial charge is 0.453 e. The number of ketones is 1. The Hall–Kier alpha value is -2.73. The number of hydrogen-bond acceptors (Lipinski definition) is 5. The molecular weight excluding hydrogens is 700 g/mol. The van der Waals surface area contributed by atoms with Gasteiger partial charge in [-0.15, -0.1) is 0 Å². The van der Waals surface area contributed by atoms with Gasteiger partial charge in [0.1, 0.15) is 23.0 Å². The molecule has 3 aliphatic carbocycles. The quantitative estimate of drug-likeness (QED) is 0.103. The monoisotopic (exact) mass is 750 g/mol. The second kappa shape index (κ2) is 16.3. The molecule has 2 aromatic rings.